The minimum Gasteiger partial charge on any atom is -0.368 e. The van der Waals surface area contributed by atoms with Crippen molar-refractivity contribution in [3.05, 3.63) is 30.3 Å². The summed E-state index contributed by atoms with van der Waals surface area (Å²) in [7, 11) is 0. The van der Waals surface area contributed by atoms with Gasteiger partial charge in [0.25, 0.3) is 0 Å². The van der Waals surface area contributed by atoms with Crippen molar-refractivity contribution in [2.75, 3.05) is 0 Å². The fourth-order valence-electron chi connectivity index (χ4n) is 1.65. The number of primary amides is 1. The highest BCUT2D eigenvalue weighted by Crippen LogP contribution is 2.23. The Balaban J connectivity index is 2.87. The molecular weight excluding hydrogens is 214 g/mol. The number of carbonyl (C=O) groups is 1. The largest absolute Gasteiger partial charge is 0.368 e. The van der Waals surface area contributed by atoms with E-state index in [2.05, 4.69) is 10.2 Å². The monoisotopic (exact) mass is 233 g/mol. The molecule has 1 rings (SSSR count). The van der Waals surface area contributed by atoms with Gasteiger partial charge in [-0.15, -0.1) is 0 Å². The first-order chi connectivity index (χ1) is 7.94. The summed E-state index contributed by atoms with van der Waals surface area (Å²) in [5, 5.41) is 8.19. The first-order valence-corrected chi connectivity index (χ1v) is 5.72. The van der Waals surface area contributed by atoms with Crippen molar-refractivity contribution in [1.82, 2.24) is 0 Å². The zero-order valence-electron chi connectivity index (χ0n) is 10.6. The van der Waals surface area contributed by atoms with Crippen molar-refractivity contribution in [3.63, 3.8) is 0 Å². The van der Waals surface area contributed by atoms with Gasteiger partial charge in [0.2, 0.25) is 5.91 Å². The highest BCUT2D eigenvalue weighted by molar-refractivity contribution is 5.84. The SMILES string of the molecule is CC(C)CC(C)(N=Nc1ccccc1)C(N)=O. The van der Waals surface area contributed by atoms with Gasteiger partial charge in [-0.25, -0.2) is 0 Å². The highest BCUT2D eigenvalue weighted by atomic mass is 16.1. The second kappa shape index (κ2) is 5.57. The lowest BCUT2D eigenvalue weighted by atomic mass is 9.91. The quantitative estimate of drug-likeness (QED) is 0.780. The van der Waals surface area contributed by atoms with E-state index < -0.39 is 11.4 Å². The van der Waals surface area contributed by atoms with Crippen molar-refractivity contribution in [2.45, 2.75) is 32.7 Å². The number of azo groups is 1. The standard InChI is InChI=1S/C13H19N3O/c1-10(2)9-13(3,12(14)17)16-15-11-7-5-4-6-8-11/h4-8,10H,9H2,1-3H3,(H2,14,17). The number of hydrogen-bond donors (Lipinski definition) is 1. The summed E-state index contributed by atoms with van der Waals surface area (Å²) < 4.78 is 0. The Labute approximate surface area is 102 Å². The Bertz CT molecular complexity index is 400. The van der Waals surface area contributed by atoms with Crippen molar-refractivity contribution in [2.24, 2.45) is 21.9 Å². The molecule has 1 aromatic carbocycles. The molecule has 0 saturated carbocycles. The van der Waals surface area contributed by atoms with Crippen LogP contribution in [0.1, 0.15) is 27.2 Å². The van der Waals surface area contributed by atoms with Crippen LogP contribution in [0.3, 0.4) is 0 Å². The molecule has 1 amide bonds. The maximum absolute atomic E-state index is 11.4. The van der Waals surface area contributed by atoms with Gasteiger partial charge < -0.3 is 5.73 Å². The highest BCUT2D eigenvalue weighted by Gasteiger charge is 2.31. The molecule has 0 saturated heterocycles. The second-order valence-corrected chi connectivity index (χ2v) is 4.77. The van der Waals surface area contributed by atoms with Gasteiger partial charge in [0.15, 0.2) is 5.54 Å². The first kappa shape index (κ1) is 13.4. The van der Waals surface area contributed by atoms with Gasteiger partial charge in [0.1, 0.15) is 0 Å². The number of nitrogens with zero attached hydrogens (tertiary/aromatic N) is 2. The summed E-state index contributed by atoms with van der Waals surface area (Å²) in [6.07, 6.45) is 0.596. The molecule has 0 spiro atoms. The van der Waals surface area contributed by atoms with E-state index in [1.807, 2.05) is 44.2 Å². The van der Waals surface area contributed by atoms with E-state index in [4.69, 9.17) is 5.73 Å². The van der Waals surface area contributed by atoms with E-state index in [9.17, 15) is 4.79 Å². The van der Waals surface area contributed by atoms with Gasteiger partial charge in [-0.1, -0.05) is 32.0 Å². The van der Waals surface area contributed by atoms with Crippen LogP contribution in [0.2, 0.25) is 0 Å². The smallest absolute Gasteiger partial charge is 0.247 e. The van der Waals surface area contributed by atoms with Crippen LogP contribution in [0.25, 0.3) is 0 Å². The molecule has 2 N–H and O–H groups in total. The van der Waals surface area contributed by atoms with Crippen molar-refractivity contribution in [3.8, 4) is 0 Å². The Morgan fingerprint density at radius 3 is 2.41 bits per heavy atom. The zero-order chi connectivity index (χ0) is 12.9. The van der Waals surface area contributed by atoms with Crippen molar-refractivity contribution < 1.29 is 4.79 Å². The maximum atomic E-state index is 11.4. The molecule has 4 heteroatoms. The van der Waals surface area contributed by atoms with E-state index in [0.29, 0.717) is 12.3 Å². The van der Waals surface area contributed by atoms with Crippen LogP contribution in [0.15, 0.2) is 40.6 Å². The van der Waals surface area contributed by atoms with Gasteiger partial charge in [-0.3, -0.25) is 4.79 Å². The predicted molar refractivity (Wildman–Crippen MR) is 68.0 cm³/mol. The van der Waals surface area contributed by atoms with E-state index in [1.165, 1.54) is 0 Å². The van der Waals surface area contributed by atoms with Crippen molar-refractivity contribution in [1.29, 1.82) is 0 Å². The zero-order valence-corrected chi connectivity index (χ0v) is 10.6. The topological polar surface area (TPSA) is 67.8 Å². The summed E-state index contributed by atoms with van der Waals surface area (Å²) in [5.41, 5.74) is 5.19. The fraction of sp³-hybridized carbons (Fsp3) is 0.462. The molecule has 0 bridgehead atoms. The Kier molecular flexibility index (Phi) is 4.37. The van der Waals surface area contributed by atoms with E-state index in [-0.39, 0.29) is 0 Å². The van der Waals surface area contributed by atoms with E-state index in [1.54, 1.807) is 6.92 Å². The van der Waals surface area contributed by atoms with Crippen LogP contribution in [0.4, 0.5) is 5.69 Å². The molecule has 1 atom stereocenters. The molecule has 0 aliphatic carbocycles. The predicted octanol–water partition coefficient (Wildman–Crippen LogP) is 3.06. The summed E-state index contributed by atoms with van der Waals surface area (Å²) in [5.74, 6) is -0.104. The van der Waals surface area contributed by atoms with Gasteiger partial charge in [-0.05, 0) is 31.4 Å². The van der Waals surface area contributed by atoms with Crippen LogP contribution in [0.5, 0.6) is 0 Å². The Morgan fingerprint density at radius 2 is 1.94 bits per heavy atom. The molecule has 0 radical (unpaired) electrons. The maximum Gasteiger partial charge on any atom is 0.247 e. The number of nitrogens with two attached hydrogens (primary N) is 1. The second-order valence-electron chi connectivity index (χ2n) is 4.77. The van der Waals surface area contributed by atoms with Crippen LogP contribution < -0.4 is 5.73 Å². The van der Waals surface area contributed by atoms with Gasteiger partial charge in [-0.2, -0.15) is 10.2 Å². The molecule has 17 heavy (non-hydrogen) atoms. The fourth-order valence-corrected chi connectivity index (χ4v) is 1.65. The molecule has 0 aliphatic heterocycles. The average molecular weight is 233 g/mol. The third-order valence-corrected chi connectivity index (χ3v) is 2.48. The summed E-state index contributed by atoms with van der Waals surface area (Å²) in [4.78, 5) is 11.4. The molecule has 1 aromatic rings. The normalized spacial score (nSPS) is 15.1. The van der Waals surface area contributed by atoms with Crippen LogP contribution in [-0.4, -0.2) is 11.4 Å². The molecule has 0 aromatic heterocycles. The number of hydrogen-bond acceptors (Lipinski definition) is 3. The van der Waals surface area contributed by atoms with Gasteiger partial charge in [0.05, 0.1) is 5.69 Å². The third-order valence-electron chi connectivity index (χ3n) is 2.48. The summed E-state index contributed by atoms with van der Waals surface area (Å²) >= 11 is 0. The Hall–Kier alpha value is -1.71. The van der Waals surface area contributed by atoms with Crippen LogP contribution in [-0.2, 0) is 4.79 Å². The van der Waals surface area contributed by atoms with E-state index in [0.717, 1.165) is 5.69 Å². The molecule has 4 nitrogen and oxygen atoms in total. The lowest BCUT2D eigenvalue weighted by Gasteiger charge is -2.21. The molecule has 1 unspecified atom stereocenters. The molecule has 92 valence electrons. The lowest BCUT2D eigenvalue weighted by Crippen LogP contribution is -2.40. The average Bonchev–Trinajstić information content (AvgIpc) is 2.27. The number of rotatable bonds is 5. The molecular formula is C13H19N3O. The molecule has 0 aliphatic rings. The minimum absolute atomic E-state index is 0.335. The minimum atomic E-state index is -0.927. The van der Waals surface area contributed by atoms with Gasteiger partial charge in [0, 0.05) is 0 Å². The Morgan fingerprint density at radius 1 is 1.35 bits per heavy atom. The summed E-state index contributed by atoms with van der Waals surface area (Å²) in [6, 6.07) is 9.32. The molecule has 0 heterocycles. The van der Waals surface area contributed by atoms with Crippen LogP contribution >= 0.6 is 0 Å². The molecule has 0 fully saturated rings. The van der Waals surface area contributed by atoms with Crippen molar-refractivity contribution >= 4 is 11.6 Å². The van der Waals surface area contributed by atoms with Gasteiger partial charge >= 0.3 is 0 Å². The number of carbonyl (C=O) groups excluding carboxylic acids is 1. The van der Waals surface area contributed by atoms with E-state index >= 15 is 0 Å². The van der Waals surface area contributed by atoms with Crippen LogP contribution in [0, 0.1) is 5.92 Å². The summed E-state index contributed by atoms with van der Waals surface area (Å²) in [6.45, 7) is 5.78. The first-order valence-electron chi connectivity index (χ1n) is 5.72. The number of benzene rings is 1. The third kappa shape index (κ3) is 3.98. The lowest BCUT2D eigenvalue weighted by molar-refractivity contribution is -0.123. The number of amides is 1.